The van der Waals surface area contributed by atoms with E-state index in [0.717, 1.165) is 19.3 Å². The molecule has 1 fully saturated rings. The molecule has 8 heteroatoms. The number of carbonyl (C=O) groups is 1. The molecule has 0 radical (unpaired) electrons. The van der Waals surface area contributed by atoms with Gasteiger partial charge in [0.1, 0.15) is 0 Å². The summed E-state index contributed by atoms with van der Waals surface area (Å²) in [5.41, 5.74) is 4.69. The largest absolute Gasteiger partial charge is 0.368 e. The van der Waals surface area contributed by atoms with Gasteiger partial charge in [-0.2, -0.15) is 0 Å². The number of thioether (sulfide) groups is 1. The van der Waals surface area contributed by atoms with Crippen LogP contribution in [0.5, 0.6) is 0 Å². The van der Waals surface area contributed by atoms with Gasteiger partial charge in [0.25, 0.3) is 0 Å². The van der Waals surface area contributed by atoms with E-state index in [1.165, 1.54) is 0 Å². The zero-order valence-electron chi connectivity index (χ0n) is 11.8. The second kappa shape index (κ2) is 6.01. The van der Waals surface area contributed by atoms with Gasteiger partial charge in [-0.15, -0.1) is 5.10 Å². The van der Waals surface area contributed by atoms with Crippen LogP contribution in [0, 0.1) is 0 Å². The summed E-state index contributed by atoms with van der Waals surface area (Å²) in [6.45, 7) is 2.67. The molecule has 0 saturated heterocycles. The Bertz CT molecular complexity index is 540. The Balaban J connectivity index is 2.09. The Kier molecular flexibility index (Phi) is 4.54. The molecule has 7 nitrogen and oxygen atoms in total. The molecule has 1 aromatic heterocycles. The summed E-state index contributed by atoms with van der Waals surface area (Å²) < 4.78 is 1.65. The number of nitrogens with zero attached hydrogens (tertiary/aromatic N) is 2. The topological polar surface area (TPSA) is 106 Å². The third kappa shape index (κ3) is 2.76. The number of rotatable bonds is 6. The van der Waals surface area contributed by atoms with E-state index in [2.05, 4.69) is 15.5 Å². The zero-order valence-corrected chi connectivity index (χ0v) is 12.6. The Morgan fingerprint density at radius 1 is 1.70 bits per heavy atom. The van der Waals surface area contributed by atoms with Crippen molar-refractivity contribution in [1.82, 2.24) is 20.1 Å². The molecule has 2 atom stereocenters. The maximum absolute atomic E-state index is 11.6. The second-order valence-corrected chi connectivity index (χ2v) is 6.41. The van der Waals surface area contributed by atoms with Crippen LogP contribution in [0.3, 0.4) is 0 Å². The smallest absolute Gasteiger partial charge is 0.343 e. The SMILES string of the molecule is CCCn1c(SC2CCC(NC)(C(N)=O)C2)n[nH]c1=O. The molecule has 20 heavy (non-hydrogen) atoms. The fourth-order valence-electron chi connectivity index (χ4n) is 2.64. The predicted octanol–water partition coefficient (Wildman–Crippen LogP) is 0.0695. The summed E-state index contributed by atoms with van der Waals surface area (Å²) in [6, 6.07) is 0. The quantitative estimate of drug-likeness (QED) is 0.689. The molecule has 1 amide bonds. The first-order chi connectivity index (χ1) is 9.52. The van der Waals surface area contributed by atoms with E-state index in [1.54, 1.807) is 23.4 Å². The lowest BCUT2D eigenvalue weighted by molar-refractivity contribution is -0.124. The van der Waals surface area contributed by atoms with Gasteiger partial charge in [0.2, 0.25) is 5.91 Å². The first kappa shape index (κ1) is 15.1. The summed E-state index contributed by atoms with van der Waals surface area (Å²) >= 11 is 1.55. The fourth-order valence-corrected chi connectivity index (χ4v) is 3.94. The van der Waals surface area contributed by atoms with Crippen LogP contribution in [-0.2, 0) is 11.3 Å². The highest BCUT2D eigenvalue weighted by molar-refractivity contribution is 7.99. The highest BCUT2D eigenvalue weighted by atomic mass is 32.2. The Hall–Kier alpha value is -1.28. The van der Waals surface area contributed by atoms with Crippen LogP contribution in [0.15, 0.2) is 9.95 Å². The van der Waals surface area contributed by atoms with Crippen LogP contribution < -0.4 is 16.7 Å². The molecule has 1 aliphatic rings. The maximum Gasteiger partial charge on any atom is 0.343 e. The van der Waals surface area contributed by atoms with Crippen LogP contribution in [0.1, 0.15) is 32.6 Å². The van der Waals surface area contributed by atoms with E-state index in [4.69, 9.17) is 5.73 Å². The van der Waals surface area contributed by atoms with Gasteiger partial charge in [-0.25, -0.2) is 9.89 Å². The average Bonchev–Trinajstić information content (AvgIpc) is 2.98. The van der Waals surface area contributed by atoms with Gasteiger partial charge in [0, 0.05) is 11.8 Å². The van der Waals surface area contributed by atoms with Crippen molar-refractivity contribution in [3.63, 3.8) is 0 Å². The molecule has 2 rings (SSSR count). The molecule has 2 unspecified atom stereocenters. The van der Waals surface area contributed by atoms with Crippen molar-refractivity contribution in [2.45, 2.75) is 55.1 Å². The molecule has 1 saturated carbocycles. The molecule has 1 aromatic rings. The minimum Gasteiger partial charge on any atom is -0.368 e. The average molecular weight is 299 g/mol. The number of hydrogen-bond acceptors (Lipinski definition) is 5. The van der Waals surface area contributed by atoms with E-state index in [9.17, 15) is 9.59 Å². The first-order valence-corrected chi connectivity index (χ1v) is 7.71. The van der Waals surface area contributed by atoms with Crippen LogP contribution in [0.2, 0.25) is 0 Å². The number of nitrogens with two attached hydrogens (primary N) is 1. The maximum atomic E-state index is 11.6. The standard InChI is InChI=1S/C12H21N5O2S/c1-3-6-17-10(19)15-16-11(17)20-8-4-5-12(7-8,14-2)9(13)18/h8,14H,3-7H2,1-2H3,(H2,13,18)(H,15,19). The van der Waals surface area contributed by atoms with E-state index in [1.807, 2.05) is 6.92 Å². The van der Waals surface area contributed by atoms with Gasteiger partial charge in [-0.05, 0) is 32.7 Å². The van der Waals surface area contributed by atoms with Gasteiger partial charge in [0.15, 0.2) is 5.16 Å². The number of aromatic amines is 1. The fraction of sp³-hybridized carbons (Fsp3) is 0.750. The number of hydrogen-bond donors (Lipinski definition) is 3. The molecule has 112 valence electrons. The minimum absolute atomic E-state index is 0.179. The van der Waals surface area contributed by atoms with Gasteiger partial charge < -0.3 is 11.1 Å². The van der Waals surface area contributed by atoms with Crippen LogP contribution in [-0.4, -0.2) is 38.5 Å². The van der Waals surface area contributed by atoms with Crippen LogP contribution >= 0.6 is 11.8 Å². The molecule has 0 bridgehead atoms. The summed E-state index contributed by atoms with van der Waals surface area (Å²) in [5, 5.41) is 10.5. The van der Waals surface area contributed by atoms with E-state index in [-0.39, 0.29) is 16.8 Å². The lowest BCUT2D eigenvalue weighted by Crippen LogP contribution is -2.52. The van der Waals surface area contributed by atoms with E-state index < -0.39 is 5.54 Å². The van der Waals surface area contributed by atoms with Gasteiger partial charge in [0.05, 0.1) is 5.54 Å². The minimum atomic E-state index is -0.621. The number of primary amides is 1. The van der Waals surface area contributed by atoms with Crippen LogP contribution in [0.25, 0.3) is 0 Å². The first-order valence-electron chi connectivity index (χ1n) is 6.83. The van der Waals surface area contributed by atoms with E-state index in [0.29, 0.717) is 18.1 Å². The number of amides is 1. The number of likely N-dealkylation sites (N-methyl/N-ethyl adjacent to an activating group) is 1. The van der Waals surface area contributed by atoms with Crippen molar-refractivity contribution in [3.05, 3.63) is 10.5 Å². The molecule has 4 N–H and O–H groups in total. The summed E-state index contributed by atoms with van der Waals surface area (Å²) in [7, 11) is 1.76. The number of H-pyrrole nitrogens is 1. The Morgan fingerprint density at radius 2 is 2.45 bits per heavy atom. The number of carbonyl (C=O) groups excluding carboxylic acids is 1. The lowest BCUT2D eigenvalue weighted by atomic mass is 9.97. The zero-order chi connectivity index (χ0) is 14.8. The molecule has 1 aliphatic carbocycles. The van der Waals surface area contributed by atoms with Crippen molar-refractivity contribution in [2.24, 2.45) is 5.73 Å². The second-order valence-electron chi connectivity index (χ2n) is 5.14. The number of aromatic nitrogens is 3. The van der Waals surface area contributed by atoms with Crippen molar-refractivity contribution >= 4 is 17.7 Å². The molecular weight excluding hydrogens is 278 g/mol. The van der Waals surface area contributed by atoms with Gasteiger partial charge >= 0.3 is 5.69 Å². The van der Waals surface area contributed by atoms with Gasteiger partial charge in [-0.3, -0.25) is 9.36 Å². The lowest BCUT2D eigenvalue weighted by Gasteiger charge is -2.24. The van der Waals surface area contributed by atoms with E-state index >= 15 is 0 Å². The van der Waals surface area contributed by atoms with Crippen molar-refractivity contribution in [1.29, 1.82) is 0 Å². The Morgan fingerprint density at radius 3 is 3.00 bits per heavy atom. The molecule has 0 aromatic carbocycles. The normalized spacial score (nSPS) is 26.0. The summed E-state index contributed by atoms with van der Waals surface area (Å²) in [4.78, 5) is 23.2. The highest BCUT2D eigenvalue weighted by Gasteiger charge is 2.43. The third-order valence-electron chi connectivity index (χ3n) is 3.86. The predicted molar refractivity (Wildman–Crippen MR) is 77.6 cm³/mol. The molecular formula is C12H21N5O2S. The molecule has 0 aliphatic heterocycles. The third-order valence-corrected chi connectivity index (χ3v) is 5.12. The molecule has 0 spiro atoms. The summed E-state index contributed by atoms with van der Waals surface area (Å²) in [6.07, 6.45) is 3.14. The summed E-state index contributed by atoms with van der Waals surface area (Å²) in [5.74, 6) is -0.309. The molecule has 1 heterocycles. The Labute approximate surface area is 121 Å². The van der Waals surface area contributed by atoms with Crippen LogP contribution in [0.4, 0.5) is 0 Å². The highest BCUT2D eigenvalue weighted by Crippen LogP contribution is 2.39. The van der Waals surface area contributed by atoms with Crippen molar-refractivity contribution in [3.8, 4) is 0 Å². The monoisotopic (exact) mass is 299 g/mol. The number of nitrogens with one attached hydrogen (secondary N) is 2. The van der Waals surface area contributed by atoms with Crippen molar-refractivity contribution < 1.29 is 4.79 Å². The van der Waals surface area contributed by atoms with Gasteiger partial charge in [-0.1, -0.05) is 18.7 Å². The van der Waals surface area contributed by atoms with Crippen molar-refractivity contribution in [2.75, 3.05) is 7.05 Å².